The van der Waals surface area contributed by atoms with Gasteiger partial charge in [0.1, 0.15) is 6.33 Å². The summed E-state index contributed by atoms with van der Waals surface area (Å²) in [6.07, 6.45) is 1.17. The maximum absolute atomic E-state index is 10.4. The summed E-state index contributed by atoms with van der Waals surface area (Å²) in [6.45, 7) is 0. The van der Waals surface area contributed by atoms with Gasteiger partial charge >= 0.3 is 5.43 Å². The molecule has 0 saturated carbocycles. The van der Waals surface area contributed by atoms with Crippen LogP contribution in [0.1, 0.15) is 0 Å². The molecule has 0 N–H and O–H groups in total. The number of carbonyl (C=O) groups is 1. The highest BCUT2D eigenvalue weighted by Gasteiger charge is 2.14. The number of aromatic nitrogens is 2. The van der Waals surface area contributed by atoms with Gasteiger partial charge in [-0.3, -0.25) is 0 Å². The Bertz CT molecular complexity index is 332. The summed E-state index contributed by atoms with van der Waals surface area (Å²) in [5, 5.41) is -0.0409. The number of nitrogens with zero attached hydrogens (tertiary/aromatic N) is 2. The van der Waals surface area contributed by atoms with Gasteiger partial charge in [-0.15, -0.1) is 0 Å². The number of ether oxygens (including phenoxy) is 2. The van der Waals surface area contributed by atoms with Gasteiger partial charge in [0.05, 0.1) is 7.11 Å². The Morgan fingerprint density at radius 1 is 1.54 bits per heavy atom. The van der Waals surface area contributed by atoms with Crippen molar-refractivity contribution in [3.05, 3.63) is 11.5 Å². The van der Waals surface area contributed by atoms with Crippen molar-refractivity contribution in [1.82, 2.24) is 9.97 Å². The third-order valence-electron chi connectivity index (χ3n) is 1.10. The van der Waals surface area contributed by atoms with Gasteiger partial charge in [-0.2, -0.15) is 4.98 Å². The molecule has 5 nitrogen and oxygen atoms in total. The van der Waals surface area contributed by atoms with Crippen LogP contribution in [0.25, 0.3) is 0 Å². The first kappa shape index (κ1) is 10.0. The molecule has 1 heterocycles. The van der Waals surface area contributed by atoms with Gasteiger partial charge < -0.3 is 9.47 Å². The lowest BCUT2D eigenvalue weighted by Gasteiger charge is -2.05. The van der Waals surface area contributed by atoms with Crippen LogP contribution in [0.5, 0.6) is 11.6 Å². The number of halogens is 2. The molecule has 0 saturated heterocycles. The maximum Gasteiger partial charge on any atom is 0.409 e. The van der Waals surface area contributed by atoms with E-state index in [0.29, 0.717) is 0 Å². The highest BCUT2D eigenvalue weighted by Crippen LogP contribution is 2.30. The van der Waals surface area contributed by atoms with Crippen LogP contribution in [-0.2, 0) is 0 Å². The Hall–Kier alpha value is -1.07. The van der Waals surface area contributed by atoms with Crippen molar-refractivity contribution in [3.8, 4) is 11.6 Å². The number of rotatable bonds is 2. The van der Waals surface area contributed by atoms with Crippen LogP contribution in [0, 0.1) is 0 Å². The fourth-order valence-corrected chi connectivity index (χ4v) is 0.889. The molecule has 0 atom stereocenters. The molecule has 0 aliphatic carbocycles. The van der Waals surface area contributed by atoms with E-state index < -0.39 is 5.43 Å². The molecule has 0 aromatic carbocycles. The van der Waals surface area contributed by atoms with Gasteiger partial charge in [-0.05, 0) is 0 Å². The molecule has 13 heavy (non-hydrogen) atoms. The third-order valence-corrected chi connectivity index (χ3v) is 1.45. The van der Waals surface area contributed by atoms with Crippen molar-refractivity contribution >= 4 is 28.6 Å². The standard InChI is InChI=1S/C6H4Cl2N2O3/c1-12-5-3(13-6(8)11)4(7)9-2-10-5/h2H,1H3. The Balaban J connectivity index is 3.07. The van der Waals surface area contributed by atoms with Crippen molar-refractivity contribution in [3.63, 3.8) is 0 Å². The molecule has 0 aliphatic rings. The quantitative estimate of drug-likeness (QED) is 0.565. The maximum atomic E-state index is 10.4. The lowest BCUT2D eigenvalue weighted by atomic mass is 10.6. The summed E-state index contributed by atoms with van der Waals surface area (Å²) in [5.41, 5.74) is -1.03. The summed E-state index contributed by atoms with van der Waals surface area (Å²) in [5.74, 6) is -0.0410. The van der Waals surface area contributed by atoms with E-state index in [0.717, 1.165) is 0 Å². The average Bonchev–Trinajstić information content (AvgIpc) is 2.08. The van der Waals surface area contributed by atoms with Gasteiger partial charge in [0.2, 0.25) is 5.75 Å². The Kier molecular flexibility index (Phi) is 3.27. The molecule has 1 rings (SSSR count). The normalized spacial score (nSPS) is 9.46. The van der Waals surface area contributed by atoms with Gasteiger partial charge in [-0.1, -0.05) is 11.6 Å². The molecule has 0 bridgehead atoms. The van der Waals surface area contributed by atoms with Crippen LogP contribution >= 0.6 is 23.2 Å². The molecule has 7 heteroatoms. The lowest BCUT2D eigenvalue weighted by Crippen LogP contribution is -2.01. The van der Waals surface area contributed by atoms with Crippen LogP contribution in [0.4, 0.5) is 4.79 Å². The zero-order valence-electron chi connectivity index (χ0n) is 6.45. The second-order valence-electron chi connectivity index (χ2n) is 1.84. The zero-order valence-corrected chi connectivity index (χ0v) is 7.96. The topological polar surface area (TPSA) is 61.3 Å². The van der Waals surface area contributed by atoms with E-state index in [1.807, 2.05) is 0 Å². The third kappa shape index (κ3) is 2.43. The van der Waals surface area contributed by atoms with Crippen molar-refractivity contribution in [1.29, 1.82) is 0 Å². The lowest BCUT2D eigenvalue weighted by molar-refractivity contribution is 0.222. The van der Waals surface area contributed by atoms with E-state index in [4.69, 9.17) is 27.9 Å². The van der Waals surface area contributed by atoms with Gasteiger partial charge in [0.15, 0.2) is 5.15 Å². The first-order chi connectivity index (χ1) is 6.15. The van der Waals surface area contributed by atoms with E-state index in [2.05, 4.69) is 14.7 Å². The van der Waals surface area contributed by atoms with E-state index in [-0.39, 0.29) is 16.8 Å². The van der Waals surface area contributed by atoms with E-state index in [1.54, 1.807) is 0 Å². The van der Waals surface area contributed by atoms with Crippen molar-refractivity contribution < 1.29 is 14.3 Å². The van der Waals surface area contributed by atoms with Crippen LogP contribution in [0.2, 0.25) is 5.15 Å². The molecule has 0 amide bonds. The summed E-state index contributed by atoms with van der Waals surface area (Å²) in [4.78, 5) is 17.6. The molecular formula is C6H4Cl2N2O3. The Morgan fingerprint density at radius 2 is 2.23 bits per heavy atom. The monoisotopic (exact) mass is 222 g/mol. The van der Waals surface area contributed by atoms with E-state index in [9.17, 15) is 4.79 Å². The molecule has 0 spiro atoms. The molecular weight excluding hydrogens is 219 g/mol. The number of hydrogen-bond donors (Lipinski definition) is 0. The number of hydrogen-bond acceptors (Lipinski definition) is 5. The first-order valence-electron chi connectivity index (χ1n) is 3.07. The zero-order chi connectivity index (χ0) is 9.84. The van der Waals surface area contributed by atoms with Gasteiger partial charge in [0, 0.05) is 11.6 Å². The molecule has 1 aromatic heterocycles. The fourth-order valence-electron chi connectivity index (χ4n) is 0.649. The highest BCUT2D eigenvalue weighted by atomic mass is 35.5. The molecule has 1 aromatic rings. The number of carbonyl (C=O) groups excluding carboxylic acids is 1. The average molecular weight is 223 g/mol. The summed E-state index contributed by atoms with van der Waals surface area (Å²) in [6, 6.07) is 0. The van der Waals surface area contributed by atoms with Gasteiger partial charge in [0.25, 0.3) is 5.88 Å². The van der Waals surface area contributed by atoms with Crippen molar-refractivity contribution in [2.45, 2.75) is 0 Å². The predicted octanol–water partition coefficient (Wildman–Crippen LogP) is 1.88. The number of methoxy groups -OCH3 is 1. The smallest absolute Gasteiger partial charge is 0.409 e. The largest absolute Gasteiger partial charge is 0.478 e. The van der Waals surface area contributed by atoms with Crippen LogP contribution < -0.4 is 9.47 Å². The van der Waals surface area contributed by atoms with Gasteiger partial charge in [-0.25, -0.2) is 9.78 Å². The van der Waals surface area contributed by atoms with Crippen LogP contribution in [0.3, 0.4) is 0 Å². The molecule has 0 aliphatic heterocycles. The molecule has 0 radical (unpaired) electrons. The second-order valence-corrected chi connectivity index (χ2v) is 2.51. The van der Waals surface area contributed by atoms with Crippen molar-refractivity contribution in [2.75, 3.05) is 7.11 Å². The minimum Gasteiger partial charge on any atom is -0.478 e. The Labute approximate surface area is 83.6 Å². The van der Waals surface area contributed by atoms with E-state index >= 15 is 0 Å². The van der Waals surface area contributed by atoms with Crippen molar-refractivity contribution in [2.24, 2.45) is 0 Å². The van der Waals surface area contributed by atoms with E-state index in [1.165, 1.54) is 13.4 Å². The molecule has 0 unspecified atom stereocenters. The van der Waals surface area contributed by atoms with Crippen LogP contribution in [-0.4, -0.2) is 22.5 Å². The summed E-state index contributed by atoms with van der Waals surface area (Å²) in [7, 11) is 1.35. The molecule has 0 fully saturated rings. The highest BCUT2D eigenvalue weighted by molar-refractivity contribution is 6.61. The summed E-state index contributed by atoms with van der Waals surface area (Å²) >= 11 is 10.6. The SMILES string of the molecule is COc1ncnc(Cl)c1OC(=O)Cl. The molecule has 70 valence electrons. The predicted molar refractivity (Wildman–Crippen MR) is 45.5 cm³/mol. The summed E-state index contributed by atoms with van der Waals surface area (Å²) < 4.78 is 9.27. The fraction of sp³-hybridized carbons (Fsp3) is 0.167. The second kappa shape index (κ2) is 4.25. The minimum atomic E-state index is -1.03. The minimum absolute atomic E-state index is 0.0409. The Morgan fingerprint density at radius 3 is 2.77 bits per heavy atom. The first-order valence-corrected chi connectivity index (χ1v) is 3.82. The van der Waals surface area contributed by atoms with Crippen LogP contribution in [0.15, 0.2) is 6.33 Å².